The number of rotatable bonds is 4. The first-order valence-corrected chi connectivity index (χ1v) is 6.79. The number of hydrogen-bond donors (Lipinski definition) is 2. The highest BCUT2D eigenvalue weighted by Gasteiger charge is 2.22. The highest BCUT2D eigenvalue weighted by molar-refractivity contribution is 5.76. The van der Waals surface area contributed by atoms with Gasteiger partial charge in [0.2, 0.25) is 5.91 Å². The average Bonchev–Trinajstić information content (AvgIpc) is 2.40. The third kappa shape index (κ3) is 3.84. The lowest BCUT2D eigenvalue weighted by molar-refractivity contribution is -0.122. The lowest BCUT2D eigenvalue weighted by Gasteiger charge is -2.30. The standard InChI is InChI=1S/C15H22N2O/c1-12-11-16-10-9-14(12)17-15(18)8-7-13-5-3-2-4-6-13/h2-6,12,14,16H,7-11H2,1H3,(H,17,18). The Kier molecular flexibility index (Phi) is 4.76. The van der Waals surface area contributed by atoms with Gasteiger partial charge >= 0.3 is 0 Å². The summed E-state index contributed by atoms with van der Waals surface area (Å²) in [6, 6.07) is 10.5. The fraction of sp³-hybridized carbons (Fsp3) is 0.533. The van der Waals surface area contributed by atoms with Crippen molar-refractivity contribution in [3.63, 3.8) is 0 Å². The molecule has 0 radical (unpaired) electrons. The van der Waals surface area contributed by atoms with Crippen LogP contribution < -0.4 is 10.6 Å². The molecule has 1 fully saturated rings. The van der Waals surface area contributed by atoms with E-state index in [9.17, 15) is 4.79 Å². The molecule has 1 aromatic carbocycles. The molecule has 0 aliphatic carbocycles. The molecule has 2 atom stereocenters. The Morgan fingerprint density at radius 3 is 2.89 bits per heavy atom. The number of piperidine rings is 1. The highest BCUT2D eigenvalue weighted by Crippen LogP contribution is 2.11. The smallest absolute Gasteiger partial charge is 0.220 e. The van der Waals surface area contributed by atoms with Crippen LogP contribution in [-0.4, -0.2) is 25.0 Å². The van der Waals surface area contributed by atoms with Crippen molar-refractivity contribution in [1.29, 1.82) is 0 Å². The van der Waals surface area contributed by atoms with Crippen LogP contribution in [0.4, 0.5) is 0 Å². The molecule has 0 bridgehead atoms. The van der Waals surface area contributed by atoms with Crippen LogP contribution >= 0.6 is 0 Å². The van der Waals surface area contributed by atoms with Crippen LogP contribution in [0.1, 0.15) is 25.3 Å². The first-order valence-electron chi connectivity index (χ1n) is 6.79. The normalized spacial score (nSPS) is 23.6. The summed E-state index contributed by atoms with van der Waals surface area (Å²) in [6.45, 7) is 4.20. The molecule has 98 valence electrons. The molecule has 3 nitrogen and oxygen atoms in total. The van der Waals surface area contributed by atoms with Gasteiger partial charge in [-0.05, 0) is 37.4 Å². The van der Waals surface area contributed by atoms with Crippen LogP contribution in [0.5, 0.6) is 0 Å². The minimum atomic E-state index is 0.178. The van der Waals surface area contributed by atoms with Crippen LogP contribution in [0.3, 0.4) is 0 Å². The van der Waals surface area contributed by atoms with Crippen molar-refractivity contribution in [3.8, 4) is 0 Å². The Hall–Kier alpha value is -1.35. The monoisotopic (exact) mass is 246 g/mol. The van der Waals surface area contributed by atoms with E-state index in [4.69, 9.17) is 0 Å². The van der Waals surface area contributed by atoms with Gasteiger partial charge in [-0.25, -0.2) is 0 Å². The second-order valence-corrected chi connectivity index (χ2v) is 5.13. The lowest BCUT2D eigenvalue weighted by Crippen LogP contribution is -2.48. The van der Waals surface area contributed by atoms with Crippen LogP contribution in [0, 0.1) is 5.92 Å². The summed E-state index contributed by atoms with van der Waals surface area (Å²) in [5.41, 5.74) is 1.23. The second kappa shape index (κ2) is 6.55. The quantitative estimate of drug-likeness (QED) is 0.849. The molecule has 1 aromatic rings. The van der Waals surface area contributed by atoms with Crippen molar-refractivity contribution in [2.24, 2.45) is 5.92 Å². The Bertz CT molecular complexity index is 377. The summed E-state index contributed by atoms with van der Waals surface area (Å²) in [6.07, 6.45) is 2.45. The maximum absolute atomic E-state index is 11.9. The first kappa shape index (κ1) is 13.1. The zero-order chi connectivity index (χ0) is 12.8. The molecule has 0 aromatic heterocycles. The summed E-state index contributed by atoms with van der Waals surface area (Å²) >= 11 is 0. The lowest BCUT2D eigenvalue weighted by atomic mass is 9.95. The summed E-state index contributed by atoms with van der Waals surface area (Å²) < 4.78 is 0. The fourth-order valence-electron chi connectivity index (χ4n) is 2.41. The zero-order valence-electron chi connectivity index (χ0n) is 11.0. The van der Waals surface area contributed by atoms with Gasteiger partial charge < -0.3 is 10.6 Å². The van der Waals surface area contributed by atoms with Gasteiger partial charge in [0, 0.05) is 12.5 Å². The van der Waals surface area contributed by atoms with Crippen molar-refractivity contribution in [2.45, 2.75) is 32.2 Å². The van der Waals surface area contributed by atoms with Crippen LogP contribution in [0.2, 0.25) is 0 Å². The SMILES string of the molecule is CC1CNCCC1NC(=O)CCc1ccccc1. The minimum absolute atomic E-state index is 0.178. The number of benzene rings is 1. The predicted octanol–water partition coefficient (Wildman–Crippen LogP) is 1.73. The summed E-state index contributed by atoms with van der Waals surface area (Å²) in [5, 5.41) is 6.50. The second-order valence-electron chi connectivity index (χ2n) is 5.13. The molecule has 1 amide bonds. The molecule has 18 heavy (non-hydrogen) atoms. The van der Waals surface area contributed by atoms with Crippen molar-refractivity contribution >= 4 is 5.91 Å². The van der Waals surface area contributed by atoms with E-state index < -0.39 is 0 Å². The maximum atomic E-state index is 11.9. The van der Waals surface area contributed by atoms with Crippen molar-refractivity contribution < 1.29 is 4.79 Å². The van der Waals surface area contributed by atoms with Gasteiger partial charge in [0.1, 0.15) is 0 Å². The Balaban J connectivity index is 1.75. The number of carbonyl (C=O) groups excluding carboxylic acids is 1. The number of hydrogen-bond acceptors (Lipinski definition) is 2. The molecular formula is C15H22N2O. The summed E-state index contributed by atoms with van der Waals surface area (Å²) in [4.78, 5) is 11.9. The Labute approximate surface area is 109 Å². The molecule has 2 unspecified atom stereocenters. The van der Waals surface area contributed by atoms with Crippen molar-refractivity contribution in [3.05, 3.63) is 35.9 Å². The molecule has 3 heteroatoms. The summed E-state index contributed by atoms with van der Waals surface area (Å²) in [5.74, 6) is 0.706. The van der Waals surface area contributed by atoms with E-state index in [0.717, 1.165) is 25.9 Å². The van der Waals surface area contributed by atoms with Gasteiger partial charge in [-0.1, -0.05) is 37.3 Å². The molecule has 1 heterocycles. The van der Waals surface area contributed by atoms with E-state index >= 15 is 0 Å². The molecule has 0 saturated carbocycles. The highest BCUT2D eigenvalue weighted by atomic mass is 16.1. The van der Waals surface area contributed by atoms with E-state index in [0.29, 0.717) is 18.4 Å². The predicted molar refractivity (Wildman–Crippen MR) is 73.3 cm³/mol. The number of nitrogens with one attached hydrogen (secondary N) is 2. The van der Waals surface area contributed by atoms with Crippen molar-refractivity contribution in [2.75, 3.05) is 13.1 Å². The van der Waals surface area contributed by atoms with Crippen LogP contribution in [0.15, 0.2) is 30.3 Å². The van der Waals surface area contributed by atoms with Gasteiger partial charge in [0.05, 0.1) is 0 Å². The molecule has 1 aliphatic rings. The molecule has 0 spiro atoms. The number of aryl methyl sites for hydroxylation is 1. The van der Waals surface area contributed by atoms with Gasteiger partial charge in [-0.15, -0.1) is 0 Å². The van der Waals surface area contributed by atoms with Crippen LogP contribution in [0.25, 0.3) is 0 Å². The van der Waals surface area contributed by atoms with E-state index in [-0.39, 0.29) is 5.91 Å². The Morgan fingerprint density at radius 2 is 2.17 bits per heavy atom. The van der Waals surface area contributed by atoms with Gasteiger partial charge in [-0.2, -0.15) is 0 Å². The topological polar surface area (TPSA) is 41.1 Å². The molecule has 1 saturated heterocycles. The first-order chi connectivity index (χ1) is 8.75. The van der Waals surface area contributed by atoms with Crippen LogP contribution in [-0.2, 0) is 11.2 Å². The molecule has 2 N–H and O–H groups in total. The van der Waals surface area contributed by atoms with Gasteiger partial charge in [-0.3, -0.25) is 4.79 Å². The molecule has 2 rings (SSSR count). The van der Waals surface area contributed by atoms with E-state index in [1.807, 2.05) is 18.2 Å². The molecular weight excluding hydrogens is 224 g/mol. The van der Waals surface area contributed by atoms with Gasteiger partial charge in [0.15, 0.2) is 0 Å². The minimum Gasteiger partial charge on any atom is -0.353 e. The largest absolute Gasteiger partial charge is 0.353 e. The van der Waals surface area contributed by atoms with E-state index in [1.54, 1.807) is 0 Å². The Morgan fingerprint density at radius 1 is 1.39 bits per heavy atom. The summed E-state index contributed by atoms with van der Waals surface area (Å²) in [7, 11) is 0. The van der Waals surface area contributed by atoms with E-state index in [2.05, 4.69) is 29.7 Å². The van der Waals surface area contributed by atoms with Gasteiger partial charge in [0.25, 0.3) is 0 Å². The maximum Gasteiger partial charge on any atom is 0.220 e. The third-order valence-electron chi connectivity index (χ3n) is 3.62. The number of carbonyl (C=O) groups is 1. The number of amides is 1. The van der Waals surface area contributed by atoms with Crippen molar-refractivity contribution in [1.82, 2.24) is 10.6 Å². The average molecular weight is 246 g/mol. The fourth-order valence-corrected chi connectivity index (χ4v) is 2.41. The van der Waals surface area contributed by atoms with E-state index in [1.165, 1.54) is 5.56 Å². The third-order valence-corrected chi connectivity index (χ3v) is 3.62. The molecule has 1 aliphatic heterocycles. The zero-order valence-corrected chi connectivity index (χ0v) is 11.0.